The second-order valence-electron chi connectivity index (χ2n) is 3.99. The van der Waals surface area contributed by atoms with Crippen LogP contribution in [0.25, 0.3) is 0 Å². The summed E-state index contributed by atoms with van der Waals surface area (Å²) < 4.78 is 13.0. The number of nitro benzene ring substituents is 1. The number of hydrogen-bond acceptors (Lipinski definition) is 5. The number of nitrogens with one attached hydrogen (secondary N) is 1. The van der Waals surface area contributed by atoms with Crippen molar-refractivity contribution in [3.63, 3.8) is 0 Å². The van der Waals surface area contributed by atoms with Gasteiger partial charge in [-0.05, 0) is 18.6 Å². The molecule has 0 spiro atoms. The second-order valence-corrected chi connectivity index (χ2v) is 3.99. The minimum atomic E-state index is -1.07. The average Bonchev–Trinajstić information content (AvgIpc) is 2.37. The van der Waals surface area contributed by atoms with Gasteiger partial charge in [-0.2, -0.15) is 0 Å². The fourth-order valence-electron chi connectivity index (χ4n) is 1.49. The van der Waals surface area contributed by atoms with Crippen LogP contribution >= 0.6 is 0 Å². The number of hydrogen-bond donors (Lipinski definition) is 3. The van der Waals surface area contributed by atoms with Crippen molar-refractivity contribution in [3.8, 4) is 0 Å². The molecule has 0 bridgehead atoms. The molecule has 100 valence electrons. The van der Waals surface area contributed by atoms with E-state index in [0.717, 1.165) is 12.1 Å². The maximum absolute atomic E-state index is 13.0. The van der Waals surface area contributed by atoms with E-state index >= 15 is 0 Å². The Bertz CT molecular complexity index is 427. The lowest BCUT2D eigenvalue weighted by Gasteiger charge is -2.30. The number of anilines is 1. The van der Waals surface area contributed by atoms with Crippen LogP contribution in [0, 0.1) is 15.9 Å². The number of aliphatic hydroxyl groups is 2. The molecule has 3 N–H and O–H groups in total. The van der Waals surface area contributed by atoms with Gasteiger partial charge in [0.25, 0.3) is 5.69 Å². The predicted molar refractivity (Wildman–Crippen MR) is 63.9 cm³/mol. The summed E-state index contributed by atoms with van der Waals surface area (Å²) in [6, 6.07) is 3.07. The zero-order valence-corrected chi connectivity index (χ0v) is 9.89. The summed E-state index contributed by atoms with van der Waals surface area (Å²) in [7, 11) is 0. The van der Waals surface area contributed by atoms with E-state index in [1.165, 1.54) is 6.07 Å². The Morgan fingerprint density at radius 3 is 2.50 bits per heavy atom. The fourth-order valence-corrected chi connectivity index (χ4v) is 1.49. The third-order valence-electron chi connectivity index (χ3n) is 2.84. The average molecular weight is 258 g/mol. The number of halogens is 1. The topological polar surface area (TPSA) is 95.6 Å². The van der Waals surface area contributed by atoms with Gasteiger partial charge in [0.1, 0.15) is 11.5 Å². The smallest absolute Gasteiger partial charge is 0.295 e. The first-order valence-corrected chi connectivity index (χ1v) is 5.42. The number of aliphatic hydroxyl groups excluding tert-OH is 2. The number of nitro groups is 1. The fraction of sp³-hybridized carbons (Fsp3) is 0.455. The summed E-state index contributed by atoms with van der Waals surface area (Å²) >= 11 is 0. The molecule has 0 saturated carbocycles. The Kier molecular flexibility index (Phi) is 4.57. The molecule has 6 nitrogen and oxygen atoms in total. The highest BCUT2D eigenvalue weighted by atomic mass is 19.1. The molecule has 0 atom stereocenters. The summed E-state index contributed by atoms with van der Waals surface area (Å²) in [6.45, 7) is 0.928. The molecular weight excluding hydrogens is 243 g/mol. The van der Waals surface area contributed by atoms with E-state index in [2.05, 4.69) is 5.32 Å². The van der Waals surface area contributed by atoms with Crippen LogP contribution in [0.2, 0.25) is 0 Å². The highest BCUT2D eigenvalue weighted by molar-refractivity contribution is 5.62. The first-order valence-electron chi connectivity index (χ1n) is 5.42. The van der Waals surface area contributed by atoms with Crippen LogP contribution in [0.3, 0.4) is 0 Å². The van der Waals surface area contributed by atoms with Crippen molar-refractivity contribution in [1.82, 2.24) is 0 Å². The molecule has 0 aliphatic carbocycles. The number of benzene rings is 1. The Balaban J connectivity index is 3.13. The second kappa shape index (κ2) is 5.74. The Morgan fingerprint density at radius 1 is 1.44 bits per heavy atom. The van der Waals surface area contributed by atoms with Crippen LogP contribution in [0.5, 0.6) is 0 Å². The molecule has 18 heavy (non-hydrogen) atoms. The van der Waals surface area contributed by atoms with Crippen molar-refractivity contribution >= 4 is 11.4 Å². The van der Waals surface area contributed by atoms with Gasteiger partial charge < -0.3 is 15.5 Å². The van der Waals surface area contributed by atoms with E-state index < -0.39 is 35.2 Å². The maximum atomic E-state index is 13.0. The molecule has 0 aliphatic heterocycles. The molecule has 0 fully saturated rings. The Morgan fingerprint density at radius 2 is 2.06 bits per heavy atom. The van der Waals surface area contributed by atoms with Crippen LogP contribution in [0.1, 0.15) is 13.3 Å². The summed E-state index contributed by atoms with van der Waals surface area (Å²) in [5.41, 5.74) is -1.44. The van der Waals surface area contributed by atoms with Crippen LogP contribution in [-0.2, 0) is 0 Å². The van der Waals surface area contributed by atoms with Gasteiger partial charge >= 0.3 is 0 Å². The highest BCUT2D eigenvalue weighted by Crippen LogP contribution is 2.28. The lowest BCUT2D eigenvalue weighted by molar-refractivity contribution is -0.384. The van der Waals surface area contributed by atoms with Gasteiger partial charge in [0.05, 0.1) is 29.7 Å². The molecule has 1 aromatic rings. The van der Waals surface area contributed by atoms with Gasteiger partial charge in [0.15, 0.2) is 0 Å². The van der Waals surface area contributed by atoms with Crippen molar-refractivity contribution < 1.29 is 19.5 Å². The van der Waals surface area contributed by atoms with Crippen LogP contribution < -0.4 is 5.32 Å². The molecular formula is C11H15FN2O4. The molecule has 7 heteroatoms. The third-order valence-corrected chi connectivity index (χ3v) is 2.84. The summed E-state index contributed by atoms with van der Waals surface area (Å²) in [6.07, 6.45) is 0.356. The Hall–Kier alpha value is -1.73. The van der Waals surface area contributed by atoms with Gasteiger partial charge in [0.2, 0.25) is 0 Å². The van der Waals surface area contributed by atoms with Crippen LogP contribution in [0.4, 0.5) is 15.8 Å². The molecule has 0 amide bonds. The first-order chi connectivity index (χ1) is 8.48. The van der Waals surface area contributed by atoms with Crippen molar-refractivity contribution in [2.24, 2.45) is 0 Å². The van der Waals surface area contributed by atoms with Gasteiger partial charge in [-0.25, -0.2) is 4.39 Å². The lowest BCUT2D eigenvalue weighted by Crippen LogP contribution is -2.45. The van der Waals surface area contributed by atoms with E-state index in [0.29, 0.717) is 6.42 Å². The Labute approximate surface area is 103 Å². The molecule has 1 rings (SSSR count). The van der Waals surface area contributed by atoms with Gasteiger partial charge in [0, 0.05) is 0 Å². The zero-order valence-electron chi connectivity index (χ0n) is 9.89. The SMILES string of the molecule is CCC(CO)(CO)Nc1ccc(F)cc1[N+](=O)[O-]. The molecule has 0 aliphatic rings. The van der Waals surface area contributed by atoms with Crippen molar-refractivity contribution in [2.75, 3.05) is 18.5 Å². The van der Waals surface area contributed by atoms with Crippen molar-refractivity contribution in [2.45, 2.75) is 18.9 Å². The van der Waals surface area contributed by atoms with Crippen molar-refractivity contribution in [3.05, 3.63) is 34.1 Å². The molecule has 0 saturated heterocycles. The molecule has 0 radical (unpaired) electrons. The number of nitrogens with zero attached hydrogens (tertiary/aromatic N) is 1. The first kappa shape index (κ1) is 14.3. The van der Waals surface area contributed by atoms with Crippen LogP contribution in [-0.4, -0.2) is 33.9 Å². The van der Waals surface area contributed by atoms with Crippen molar-refractivity contribution in [1.29, 1.82) is 0 Å². The monoisotopic (exact) mass is 258 g/mol. The minimum Gasteiger partial charge on any atom is -0.394 e. The summed E-state index contributed by atoms with van der Waals surface area (Å²) in [5, 5.41) is 32.0. The maximum Gasteiger partial charge on any atom is 0.295 e. The van der Waals surface area contributed by atoms with Gasteiger partial charge in [-0.15, -0.1) is 0 Å². The van der Waals surface area contributed by atoms with E-state index in [-0.39, 0.29) is 5.69 Å². The van der Waals surface area contributed by atoms with Gasteiger partial charge in [-0.1, -0.05) is 6.92 Å². The minimum absolute atomic E-state index is 0.0614. The largest absolute Gasteiger partial charge is 0.394 e. The summed E-state index contributed by atoms with van der Waals surface area (Å²) in [4.78, 5) is 10.1. The third kappa shape index (κ3) is 2.93. The van der Waals surface area contributed by atoms with Crippen LogP contribution in [0.15, 0.2) is 18.2 Å². The van der Waals surface area contributed by atoms with E-state index in [9.17, 15) is 24.7 Å². The van der Waals surface area contributed by atoms with E-state index in [4.69, 9.17) is 0 Å². The predicted octanol–water partition coefficient (Wildman–Crippen LogP) is 1.28. The highest BCUT2D eigenvalue weighted by Gasteiger charge is 2.29. The lowest BCUT2D eigenvalue weighted by atomic mass is 9.98. The quantitative estimate of drug-likeness (QED) is 0.527. The van der Waals surface area contributed by atoms with Gasteiger partial charge in [-0.3, -0.25) is 10.1 Å². The standard InChI is InChI=1S/C11H15FN2O4/c1-2-11(6-15,7-16)13-9-4-3-8(12)5-10(9)14(17)18/h3-5,13,15-16H,2,6-7H2,1H3. The zero-order chi connectivity index (χ0) is 13.8. The van der Waals surface area contributed by atoms with E-state index in [1.807, 2.05) is 0 Å². The number of rotatable bonds is 6. The molecule has 0 heterocycles. The summed E-state index contributed by atoms with van der Waals surface area (Å²) in [5.74, 6) is -0.720. The normalized spacial score (nSPS) is 11.3. The van der Waals surface area contributed by atoms with E-state index in [1.54, 1.807) is 6.92 Å². The molecule has 0 aromatic heterocycles. The molecule has 1 aromatic carbocycles. The molecule has 0 unspecified atom stereocenters.